The Morgan fingerprint density at radius 2 is 1.81 bits per heavy atom. The normalized spacial score (nSPS) is 11.0. The molecule has 26 heavy (non-hydrogen) atoms. The van der Waals surface area contributed by atoms with Crippen LogP contribution < -0.4 is 4.90 Å². The Balaban J connectivity index is 1.91. The van der Waals surface area contributed by atoms with Crippen molar-refractivity contribution in [2.24, 2.45) is 0 Å². The number of carbonyl (C=O) groups is 1. The van der Waals surface area contributed by atoms with Crippen molar-refractivity contribution < 1.29 is 9.53 Å². The van der Waals surface area contributed by atoms with E-state index >= 15 is 0 Å². The van der Waals surface area contributed by atoms with E-state index in [4.69, 9.17) is 9.72 Å². The van der Waals surface area contributed by atoms with Gasteiger partial charge >= 0.3 is 0 Å². The topological polar surface area (TPSA) is 47.4 Å². The van der Waals surface area contributed by atoms with Crippen molar-refractivity contribution >= 4 is 22.6 Å². The van der Waals surface area contributed by atoms with Crippen molar-refractivity contribution in [1.82, 2.24) is 9.55 Å². The first-order valence-electron chi connectivity index (χ1n) is 9.11. The summed E-state index contributed by atoms with van der Waals surface area (Å²) in [5.41, 5.74) is 2.76. The van der Waals surface area contributed by atoms with Crippen LogP contribution in [0.5, 0.6) is 0 Å². The summed E-state index contributed by atoms with van der Waals surface area (Å²) < 4.78 is 7.57. The van der Waals surface area contributed by atoms with Crippen LogP contribution in [0.25, 0.3) is 11.0 Å². The molecule has 0 radical (unpaired) electrons. The van der Waals surface area contributed by atoms with Crippen molar-refractivity contribution in [1.29, 1.82) is 0 Å². The van der Waals surface area contributed by atoms with Gasteiger partial charge in [-0.1, -0.05) is 37.3 Å². The summed E-state index contributed by atoms with van der Waals surface area (Å²) in [5.74, 6) is 0.941. The fraction of sp³-hybridized carbons (Fsp3) is 0.333. The molecule has 1 heterocycles. The van der Waals surface area contributed by atoms with Crippen molar-refractivity contribution in [3.8, 4) is 0 Å². The Bertz CT molecular complexity index is 858. The zero-order valence-electron chi connectivity index (χ0n) is 15.4. The average Bonchev–Trinajstić information content (AvgIpc) is 3.01. The SMILES string of the molecule is CCCc1nc2ccccc2n1CC(=O)N(COCC)c1ccccc1. The van der Waals surface area contributed by atoms with Crippen molar-refractivity contribution in [2.75, 3.05) is 18.2 Å². The van der Waals surface area contributed by atoms with Gasteiger partial charge in [-0.2, -0.15) is 0 Å². The third-order valence-electron chi connectivity index (χ3n) is 4.29. The zero-order chi connectivity index (χ0) is 18.4. The van der Waals surface area contributed by atoms with Crippen LogP contribution in [0.3, 0.4) is 0 Å². The molecule has 5 heteroatoms. The van der Waals surface area contributed by atoms with E-state index < -0.39 is 0 Å². The number of hydrogen-bond acceptors (Lipinski definition) is 3. The number of anilines is 1. The number of rotatable bonds is 8. The molecule has 3 rings (SSSR count). The van der Waals surface area contributed by atoms with Gasteiger partial charge in [-0.15, -0.1) is 0 Å². The number of nitrogens with zero attached hydrogens (tertiary/aromatic N) is 3. The van der Waals surface area contributed by atoms with E-state index in [1.807, 2.05) is 66.1 Å². The molecular weight excluding hydrogens is 326 g/mol. The molecule has 0 saturated carbocycles. The zero-order valence-corrected chi connectivity index (χ0v) is 15.4. The minimum absolute atomic E-state index is 0.00911. The number of carbonyl (C=O) groups excluding carboxylic acids is 1. The lowest BCUT2D eigenvalue weighted by Gasteiger charge is -2.23. The van der Waals surface area contributed by atoms with E-state index in [0.717, 1.165) is 35.4 Å². The predicted octanol–water partition coefficient (Wildman–Crippen LogP) is 4.02. The Morgan fingerprint density at radius 3 is 2.54 bits per heavy atom. The Kier molecular flexibility index (Phi) is 6.02. The molecule has 0 atom stereocenters. The molecule has 0 aliphatic heterocycles. The molecule has 1 amide bonds. The standard InChI is InChI=1S/C21H25N3O2/c1-3-10-20-22-18-13-8-9-14-19(18)23(20)15-21(25)24(16-26-4-2)17-11-6-5-7-12-17/h5-9,11-14H,3-4,10,15-16H2,1-2H3. The van der Waals surface area contributed by atoms with E-state index in [-0.39, 0.29) is 19.2 Å². The number of para-hydroxylation sites is 3. The van der Waals surface area contributed by atoms with Crippen molar-refractivity contribution in [2.45, 2.75) is 33.2 Å². The molecule has 0 saturated heterocycles. The van der Waals surface area contributed by atoms with E-state index in [9.17, 15) is 4.79 Å². The van der Waals surface area contributed by atoms with Gasteiger partial charge in [0.1, 0.15) is 19.1 Å². The Labute approximate surface area is 154 Å². The molecule has 0 aliphatic rings. The van der Waals surface area contributed by atoms with Crippen molar-refractivity contribution in [3.63, 3.8) is 0 Å². The minimum atomic E-state index is -0.00911. The van der Waals surface area contributed by atoms with Gasteiger partial charge in [0, 0.05) is 18.7 Å². The quantitative estimate of drug-likeness (QED) is 0.576. The molecule has 0 aliphatic carbocycles. The summed E-state index contributed by atoms with van der Waals surface area (Å²) in [4.78, 5) is 19.5. The third-order valence-corrected chi connectivity index (χ3v) is 4.29. The summed E-state index contributed by atoms with van der Waals surface area (Å²) >= 11 is 0. The van der Waals surface area contributed by atoms with Gasteiger partial charge in [-0.25, -0.2) is 4.98 Å². The van der Waals surface area contributed by atoms with Gasteiger partial charge in [0.25, 0.3) is 0 Å². The summed E-state index contributed by atoms with van der Waals surface area (Å²) in [6.07, 6.45) is 1.83. The summed E-state index contributed by atoms with van der Waals surface area (Å²) in [7, 11) is 0. The molecule has 5 nitrogen and oxygen atoms in total. The highest BCUT2D eigenvalue weighted by atomic mass is 16.5. The molecule has 0 N–H and O–H groups in total. The highest BCUT2D eigenvalue weighted by molar-refractivity contribution is 5.94. The van der Waals surface area contributed by atoms with E-state index in [0.29, 0.717) is 6.61 Å². The van der Waals surface area contributed by atoms with Crippen LogP contribution >= 0.6 is 0 Å². The first-order valence-corrected chi connectivity index (χ1v) is 9.11. The molecular formula is C21H25N3O2. The Hall–Kier alpha value is -2.66. The summed E-state index contributed by atoms with van der Waals surface area (Å²) in [6.45, 7) is 5.10. The second kappa shape index (κ2) is 8.63. The van der Waals surface area contributed by atoms with E-state index in [2.05, 4.69) is 6.92 Å². The maximum atomic E-state index is 13.1. The number of fused-ring (bicyclic) bond motifs is 1. The average molecular weight is 351 g/mol. The predicted molar refractivity (Wildman–Crippen MR) is 104 cm³/mol. The lowest BCUT2D eigenvalue weighted by atomic mass is 10.3. The second-order valence-electron chi connectivity index (χ2n) is 6.13. The van der Waals surface area contributed by atoms with E-state index in [1.165, 1.54) is 0 Å². The van der Waals surface area contributed by atoms with Crippen LogP contribution in [-0.4, -0.2) is 28.8 Å². The number of ether oxygens (including phenoxy) is 1. The van der Waals surface area contributed by atoms with Crippen LogP contribution in [0.4, 0.5) is 5.69 Å². The molecule has 0 unspecified atom stereocenters. The van der Waals surface area contributed by atoms with Gasteiger partial charge in [-0.05, 0) is 37.6 Å². The van der Waals surface area contributed by atoms with Gasteiger partial charge in [-0.3, -0.25) is 9.69 Å². The number of amides is 1. The van der Waals surface area contributed by atoms with Crippen LogP contribution in [0, 0.1) is 0 Å². The first kappa shape index (κ1) is 18.1. The lowest BCUT2D eigenvalue weighted by molar-refractivity contribution is -0.120. The van der Waals surface area contributed by atoms with Crippen LogP contribution in [0.15, 0.2) is 54.6 Å². The molecule has 0 spiro atoms. The van der Waals surface area contributed by atoms with Gasteiger partial charge in [0.05, 0.1) is 11.0 Å². The van der Waals surface area contributed by atoms with Gasteiger partial charge < -0.3 is 9.30 Å². The minimum Gasteiger partial charge on any atom is -0.361 e. The van der Waals surface area contributed by atoms with Crippen LogP contribution in [0.1, 0.15) is 26.1 Å². The molecule has 0 bridgehead atoms. The number of hydrogen-bond donors (Lipinski definition) is 0. The van der Waals surface area contributed by atoms with Crippen molar-refractivity contribution in [3.05, 3.63) is 60.4 Å². The Morgan fingerprint density at radius 1 is 1.08 bits per heavy atom. The largest absolute Gasteiger partial charge is 0.361 e. The molecule has 2 aromatic carbocycles. The summed E-state index contributed by atoms with van der Waals surface area (Å²) in [5, 5.41) is 0. The van der Waals surface area contributed by atoms with Gasteiger partial charge in [0.15, 0.2) is 0 Å². The molecule has 1 aromatic heterocycles. The second-order valence-corrected chi connectivity index (χ2v) is 6.13. The van der Waals surface area contributed by atoms with Gasteiger partial charge in [0.2, 0.25) is 5.91 Å². The highest BCUT2D eigenvalue weighted by Gasteiger charge is 2.19. The van der Waals surface area contributed by atoms with Crippen LogP contribution in [-0.2, 0) is 22.5 Å². The molecule has 0 fully saturated rings. The third kappa shape index (κ3) is 3.94. The number of aryl methyl sites for hydroxylation is 1. The lowest BCUT2D eigenvalue weighted by Crippen LogP contribution is -2.36. The smallest absolute Gasteiger partial charge is 0.248 e. The first-order chi connectivity index (χ1) is 12.7. The fourth-order valence-corrected chi connectivity index (χ4v) is 3.02. The molecule has 136 valence electrons. The maximum absolute atomic E-state index is 13.1. The number of benzene rings is 2. The number of aromatic nitrogens is 2. The van der Waals surface area contributed by atoms with E-state index in [1.54, 1.807) is 4.90 Å². The highest BCUT2D eigenvalue weighted by Crippen LogP contribution is 2.19. The number of imidazole rings is 1. The summed E-state index contributed by atoms with van der Waals surface area (Å²) in [6, 6.07) is 17.6. The monoisotopic (exact) mass is 351 g/mol. The van der Waals surface area contributed by atoms with Crippen LogP contribution in [0.2, 0.25) is 0 Å². The fourth-order valence-electron chi connectivity index (χ4n) is 3.02. The maximum Gasteiger partial charge on any atom is 0.248 e. The molecule has 3 aromatic rings.